The first kappa shape index (κ1) is 14.4. The van der Waals surface area contributed by atoms with Gasteiger partial charge in [0, 0.05) is 6.04 Å². The molecule has 0 aliphatic heterocycles. The monoisotopic (exact) mass is 271 g/mol. The number of methoxy groups -OCH3 is 1. The molecule has 0 heterocycles. The van der Waals surface area contributed by atoms with Crippen LogP contribution in [0.25, 0.3) is 0 Å². The molecule has 0 saturated heterocycles. The molecule has 2 aromatic carbocycles. The van der Waals surface area contributed by atoms with Crippen LogP contribution in [0.4, 0.5) is 0 Å². The highest BCUT2D eigenvalue weighted by atomic mass is 16.5. The first-order valence-electron chi connectivity index (χ1n) is 6.76. The third-order valence-electron chi connectivity index (χ3n) is 3.10. The Morgan fingerprint density at radius 3 is 2.40 bits per heavy atom. The largest absolute Gasteiger partial charge is 0.493 e. The Hall–Kier alpha value is -2.00. The predicted molar refractivity (Wildman–Crippen MR) is 81.6 cm³/mol. The first-order chi connectivity index (χ1) is 9.60. The van der Waals surface area contributed by atoms with Crippen molar-refractivity contribution >= 4 is 0 Å². The molecule has 0 fully saturated rings. The molecule has 1 atom stereocenters. The molecule has 0 aliphatic carbocycles. The van der Waals surface area contributed by atoms with Crippen molar-refractivity contribution in [2.45, 2.75) is 26.3 Å². The van der Waals surface area contributed by atoms with E-state index in [1.54, 1.807) is 7.11 Å². The first-order valence-corrected chi connectivity index (χ1v) is 6.76. The summed E-state index contributed by atoms with van der Waals surface area (Å²) in [5.41, 5.74) is 8.11. The fraction of sp³-hybridized carbons (Fsp3) is 0.294. The third-order valence-corrected chi connectivity index (χ3v) is 3.10. The van der Waals surface area contributed by atoms with E-state index < -0.39 is 0 Å². The molecule has 3 nitrogen and oxygen atoms in total. The second-order valence-electron chi connectivity index (χ2n) is 5.03. The van der Waals surface area contributed by atoms with Crippen molar-refractivity contribution in [3.05, 3.63) is 53.6 Å². The number of hydrogen-bond donors (Lipinski definition) is 1. The Balaban J connectivity index is 2.28. The molecule has 0 radical (unpaired) electrons. The Morgan fingerprint density at radius 2 is 1.75 bits per heavy atom. The van der Waals surface area contributed by atoms with Gasteiger partial charge in [-0.2, -0.15) is 0 Å². The quantitative estimate of drug-likeness (QED) is 0.902. The van der Waals surface area contributed by atoms with Gasteiger partial charge in [-0.25, -0.2) is 0 Å². The number of benzene rings is 2. The van der Waals surface area contributed by atoms with Gasteiger partial charge >= 0.3 is 0 Å². The van der Waals surface area contributed by atoms with E-state index in [1.807, 2.05) is 44.2 Å². The third kappa shape index (κ3) is 3.52. The van der Waals surface area contributed by atoms with Crippen molar-refractivity contribution in [3.8, 4) is 17.2 Å². The average Bonchev–Trinajstić information content (AvgIpc) is 2.42. The minimum absolute atomic E-state index is 0.136. The van der Waals surface area contributed by atoms with E-state index in [0.717, 1.165) is 29.2 Å². The van der Waals surface area contributed by atoms with E-state index in [-0.39, 0.29) is 6.04 Å². The number of rotatable bonds is 5. The Labute approximate surface area is 120 Å². The zero-order chi connectivity index (χ0) is 14.5. The van der Waals surface area contributed by atoms with Crippen molar-refractivity contribution in [3.63, 3.8) is 0 Å². The van der Waals surface area contributed by atoms with Crippen molar-refractivity contribution in [1.29, 1.82) is 0 Å². The Bertz CT molecular complexity index is 579. The highest BCUT2D eigenvalue weighted by Crippen LogP contribution is 2.33. The topological polar surface area (TPSA) is 44.5 Å². The summed E-state index contributed by atoms with van der Waals surface area (Å²) in [4.78, 5) is 0. The van der Waals surface area contributed by atoms with Gasteiger partial charge in [-0.05, 0) is 49.6 Å². The molecule has 0 spiro atoms. The summed E-state index contributed by atoms with van der Waals surface area (Å²) < 4.78 is 11.3. The maximum atomic E-state index is 5.99. The lowest BCUT2D eigenvalue weighted by atomic mass is 10.1. The van der Waals surface area contributed by atoms with E-state index >= 15 is 0 Å². The van der Waals surface area contributed by atoms with E-state index in [4.69, 9.17) is 15.2 Å². The van der Waals surface area contributed by atoms with Gasteiger partial charge in [0.2, 0.25) is 0 Å². The molecule has 0 aromatic heterocycles. The molecule has 1 unspecified atom stereocenters. The SMILES string of the molecule is COc1ccccc1Oc1cc(CC(C)N)ccc1C. The van der Waals surface area contributed by atoms with E-state index in [2.05, 4.69) is 12.1 Å². The highest BCUT2D eigenvalue weighted by molar-refractivity contribution is 5.45. The fourth-order valence-corrected chi connectivity index (χ4v) is 2.07. The van der Waals surface area contributed by atoms with Crippen LogP contribution >= 0.6 is 0 Å². The lowest BCUT2D eigenvalue weighted by Gasteiger charge is -2.14. The van der Waals surface area contributed by atoms with Crippen LogP contribution in [0.1, 0.15) is 18.1 Å². The standard InChI is InChI=1S/C17H21NO2/c1-12-8-9-14(10-13(2)18)11-17(12)20-16-7-5-4-6-15(16)19-3/h4-9,11,13H,10,18H2,1-3H3. The van der Waals surface area contributed by atoms with Gasteiger partial charge in [-0.3, -0.25) is 0 Å². The smallest absolute Gasteiger partial charge is 0.169 e. The molecule has 0 amide bonds. The summed E-state index contributed by atoms with van der Waals surface area (Å²) in [6, 6.07) is 14.0. The van der Waals surface area contributed by atoms with Crippen molar-refractivity contribution in [2.75, 3.05) is 7.11 Å². The molecule has 2 N–H and O–H groups in total. The summed E-state index contributed by atoms with van der Waals surface area (Å²) in [5.74, 6) is 2.29. The second-order valence-corrected chi connectivity index (χ2v) is 5.03. The molecule has 0 aliphatic rings. The van der Waals surface area contributed by atoms with Crippen LogP contribution < -0.4 is 15.2 Å². The molecule has 3 heteroatoms. The van der Waals surface area contributed by atoms with Gasteiger partial charge < -0.3 is 15.2 Å². The van der Waals surface area contributed by atoms with Gasteiger partial charge in [0.1, 0.15) is 5.75 Å². The number of nitrogens with two attached hydrogens (primary N) is 1. The molecular formula is C17H21NO2. The van der Waals surface area contributed by atoms with Gasteiger partial charge in [0.05, 0.1) is 7.11 Å². The van der Waals surface area contributed by atoms with Gasteiger partial charge in [0.15, 0.2) is 11.5 Å². The number of ether oxygens (including phenoxy) is 2. The predicted octanol–water partition coefficient (Wildman–Crippen LogP) is 3.69. The minimum Gasteiger partial charge on any atom is -0.493 e. The Kier molecular flexibility index (Phi) is 4.64. The summed E-state index contributed by atoms with van der Waals surface area (Å²) in [7, 11) is 1.64. The molecule has 20 heavy (non-hydrogen) atoms. The second kappa shape index (κ2) is 6.44. The van der Waals surface area contributed by atoms with Crippen LogP contribution in [0.5, 0.6) is 17.2 Å². The minimum atomic E-state index is 0.136. The summed E-state index contributed by atoms with van der Waals surface area (Å²) >= 11 is 0. The highest BCUT2D eigenvalue weighted by Gasteiger charge is 2.08. The normalized spacial score (nSPS) is 12.0. The maximum absolute atomic E-state index is 5.99. The molecule has 0 saturated carbocycles. The number of hydrogen-bond acceptors (Lipinski definition) is 3. The van der Waals surface area contributed by atoms with Crippen molar-refractivity contribution < 1.29 is 9.47 Å². The summed E-state index contributed by atoms with van der Waals surface area (Å²) in [6.45, 7) is 4.03. The zero-order valence-electron chi connectivity index (χ0n) is 12.2. The molecule has 106 valence electrons. The lowest BCUT2D eigenvalue weighted by molar-refractivity contribution is 0.378. The van der Waals surface area contributed by atoms with Crippen LogP contribution in [-0.2, 0) is 6.42 Å². The zero-order valence-corrected chi connectivity index (χ0v) is 12.2. The van der Waals surface area contributed by atoms with Gasteiger partial charge in [-0.15, -0.1) is 0 Å². The average molecular weight is 271 g/mol. The van der Waals surface area contributed by atoms with Crippen LogP contribution in [0.15, 0.2) is 42.5 Å². The number of aryl methyl sites for hydroxylation is 1. The fourth-order valence-electron chi connectivity index (χ4n) is 2.07. The molecule has 2 rings (SSSR count). The number of para-hydroxylation sites is 2. The summed E-state index contributed by atoms with van der Waals surface area (Å²) in [6.07, 6.45) is 0.836. The van der Waals surface area contributed by atoms with Gasteiger partial charge in [0.25, 0.3) is 0 Å². The van der Waals surface area contributed by atoms with Crippen LogP contribution in [0.2, 0.25) is 0 Å². The molecule has 2 aromatic rings. The van der Waals surface area contributed by atoms with E-state index in [1.165, 1.54) is 5.56 Å². The lowest BCUT2D eigenvalue weighted by Crippen LogP contribution is -2.17. The summed E-state index contributed by atoms with van der Waals surface area (Å²) in [5, 5.41) is 0. The van der Waals surface area contributed by atoms with Crippen LogP contribution in [0, 0.1) is 6.92 Å². The molecule has 0 bridgehead atoms. The van der Waals surface area contributed by atoms with E-state index in [9.17, 15) is 0 Å². The van der Waals surface area contributed by atoms with E-state index in [0.29, 0.717) is 0 Å². The molecular weight excluding hydrogens is 250 g/mol. The van der Waals surface area contributed by atoms with Crippen LogP contribution in [-0.4, -0.2) is 13.2 Å². The maximum Gasteiger partial charge on any atom is 0.169 e. The van der Waals surface area contributed by atoms with Crippen molar-refractivity contribution in [1.82, 2.24) is 0 Å². The van der Waals surface area contributed by atoms with Gasteiger partial charge in [-0.1, -0.05) is 24.3 Å². The van der Waals surface area contributed by atoms with Crippen LogP contribution in [0.3, 0.4) is 0 Å². The van der Waals surface area contributed by atoms with Crippen molar-refractivity contribution in [2.24, 2.45) is 5.73 Å². The Morgan fingerprint density at radius 1 is 1.05 bits per heavy atom.